The van der Waals surface area contributed by atoms with Crippen molar-refractivity contribution in [3.63, 3.8) is 0 Å². The van der Waals surface area contributed by atoms with E-state index < -0.39 is 0 Å². The van der Waals surface area contributed by atoms with E-state index in [-0.39, 0.29) is 11.9 Å². The molecule has 1 saturated heterocycles. The number of aromatic amines is 1. The van der Waals surface area contributed by atoms with Gasteiger partial charge in [-0.2, -0.15) is 5.26 Å². The van der Waals surface area contributed by atoms with Crippen LogP contribution >= 0.6 is 0 Å². The molecule has 1 N–H and O–H groups in total. The molecule has 4 rings (SSSR count). The molecular weight excluding hydrogens is 388 g/mol. The van der Waals surface area contributed by atoms with E-state index in [4.69, 9.17) is 4.74 Å². The van der Waals surface area contributed by atoms with Crippen molar-refractivity contribution in [2.24, 2.45) is 0 Å². The van der Waals surface area contributed by atoms with Gasteiger partial charge in [0.25, 0.3) is 0 Å². The third-order valence-corrected chi connectivity index (χ3v) is 6.10. The highest BCUT2D eigenvalue weighted by atomic mass is 16.5. The Kier molecular flexibility index (Phi) is 6.54. The Labute approximate surface area is 183 Å². The van der Waals surface area contributed by atoms with Gasteiger partial charge in [-0.05, 0) is 42.2 Å². The number of nitriles is 1. The predicted octanol–water partition coefficient (Wildman–Crippen LogP) is 3.91. The third kappa shape index (κ3) is 4.73. The van der Waals surface area contributed by atoms with E-state index in [1.807, 2.05) is 41.3 Å². The van der Waals surface area contributed by atoms with E-state index in [0.717, 1.165) is 29.7 Å². The number of rotatable bonds is 7. The van der Waals surface area contributed by atoms with E-state index in [1.165, 1.54) is 10.9 Å². The predicted molar refractivity (Wildman–Crippen MR) is 121 cm³/mol. The first-order valence-corrected chi connectivity index (χ1v) is 10.8. The van der Waals surface area contributed by atoms with Crippen LogP contribution in [0.15, 0.2) is 54.7 Å². The Morgan fingerprint density at radius 2 is 1.87 bits per heavy atom. The number of amides is 1. The van der Waals surface area contributed by atoms with E-state index in [9.17, 15) is 10.1 Å². The summed E-state index contributed by atoms with van der Waals surface area (Å²) in [6, 6.07) is 18.0. The summed E-state index contributed by atoms with van der Waals surface area (Å²) in [6.45, 7) is 2.75. The highest BCUT2D eigenvalue weighted by Crippen LogP contribution is 2.24. The molecule has 1 aromatic heterocycles. The first kappa shape index (κ1) is 21.0. The maximum absolute atomic E-state index is 12.7. The molecule has 0 spiro atoms. The minimum absolute atomic E-state index is 0.206. The van der Waals surface area contributed by atoms with Crippen LogP contribution in [-0.4, -0.2) is 54.0 Å². The van der Waals surface area contributed by atoms with Crippen molar-refractivity contribution in [3.05, 3.63) is 65.9 Å². The molecule has 160 valence electrons. The summed E-state index contributed by atoms with van der Waals surface area (Å²) in [5, 5.41) is 10.9. The summed E-state index contributed by atoms with van der Waals surface area (Å²) < 4.78 is 5.20. The first-order chi connectivity index (χ1) is 15.2. The average molecular weight is 417 g/mol. The van der Waals surface area contributed by atoms with Crippen LogP contribution in [0, 0.1) is 11.3 Å². The topological polar surface area (TPSA) is 72.4 Å². The third-order valence-electron chi connectivity index (χ3n) is 6.10. The Hall–Kier alpha value is -3.30. The molecule has 6 heteroatoms. The fourth-order valence-electron chi connectivity index (χ4n) is 4.31. The van der Waals surface area contributed by atoms with E-state index in [2.05, 4.69) is 34.3 Å². The second-order valence-corrected chi connectivity index (χ2v) is 7.93. The number of piperazine rings is 1. The van der Waals surface area contributed by atoms with Gasteiger partial charge in [-0.3, -0.25) is 9.69 Å². The number of aryl methyl sites for hydroxylation is 1. The fraction of sp³-hybridized carbons (Fsp3) is 0.360. The van der Waals surface area contributed by atoms with Gasteiger partial charge in [0.15, 0.2) is 0 Å². The molecule has 2 heterocycles. The van der Waals surface area contributed by atoms with Crippen LogP contribution in [0.5, 0.6) is 5.75 Å². The smallest absolute Gasteiger partial charge is 0.222 e. The number of carbonyl (C=O) groups is 1. The molecule has 31 heavy (non-hydrogen) atoms. The lowest BCUT2D eigenvalue weighted by Gasteiger charge is -2.37. The molecule has 1 atom stereocenters. The molecule has 0 bridgehead atoms. The van der Waals surface area contributed by atoms with Gasteiger partial charge in [-0.1, -0.05) is 30.3 Å². The number of benzene rings is 2. The van der Waals surface area contributed by atoms with Crippen molar-refractivity contribution in [1.82, 2.24) is 14.8 Å². The lowest BCUT2D eigenvalue weighted by atomic mass is 10.0. The SMILES string of the molecule is COc1ccc(C(C#N)N2CCN(C(=O)CCCc3c[nH]c4ccccc34)CC2)cc1. The van der Waals surface area contributed by atoms with Gasteiger partial charge in [0.2, 0.25) is 5.91 Å². The van der Waals surface area contributed by atoms with Crippen molar-refractivity contribution in [1.29, 1.82) is 5.26 Å². The lowest BCUT2D eigenvalue weighted by molar-refractivity contribution is -0.133. The Morgan fingerprint density at radius 3 is 2.58 bits per heavy atom. The number of fused-ring (bicyclic) bond motifs is 1. The number of nitrogens with zero attached hydrogens (tertiary/aromatic N) is 3. The van der Waals surface area contributed by atoms with Crippen LogP contribution in [0.2, 0.25) is 0 Å². The van der Waals surface area contributed by atoms with Crippen molar-refractivity contribution >= 4 is 16.8 Å². The van der Waals surface area contributed by atoms with Gasteiger partial charge < -0.3 is 14.6 Å². The number of hydrogen-bond acceptors (Lipinski definition) is 4. The van der Waals surface area contributed by atoms with Crippen LogP contribution in [-0.2, 0) is 11.2 Å². The lowest BCUT2D eigenvalue weighted by Crippen LogP contribution is -2.49. The molecule has 1 aliphatic heterocycles. The van der Waals surface area contributed by atoms with E-state index >= 15 is 0 Å². The molecule has 0 saturated carbocycles. The van der Waals surface area contributed by atoms with Crippen LogP contribution in [0.25, 0.3) is 10.9 Å². The van der Waals surface area contributed by atoms with Crippen molar-refractivity contribution in [2.45, 2.75) is 25.3 Å². The summed E-state index contributed by atoms with van der Waals surface area (Å²) in [5.41, 5.74) is 3.37. The highest BCUT2D eigenvalue weighted by Gasteiger charge is 2.26. The molecule has 0 aliphatic carbocycles. The summed E-state index contributed by atoms with van der Waals surface area (Å²) in [5.74, 6) is 0.987. The van der Waals surface area contributed by atoms with E-state index in [0.29, 0.717) is 32.6 Å². The van der Waals surface area contributed by atoms with Crippen LogP contribution < -0.4 is 4.74 Å². The first-order valence-electron chi connectivity index (χ1n) is 10.8. The minimum Gasteiger partial charge on any atom is -0.497 e. The molecule has 1 unspecified atom stereocenters. The van der Waals surface area contributed by atoms with Gasteiger partial charge in [-0.15, -0.1) is 0 Å². The Balaban J connectivity index is 1.26. The van der Waals surface area contributed by atoms with Crippen LogP contribution in [0.4, 0.5) is 0 Å². The normalized spacial score (nSPS) is 15.5. The fourth-order valence-corrected chi connectivity index (χ4v) is 4.31. The number of ether oxygens (including phenoxy) is 1. The molecule has 3 aromatic rings. The van der Waals surface area contributed by atoms with Gasteiger partial charge in [0.05, 0.1) is 13.2 Å². The number of hydrogen-bond donors (Lipinski definition) is 1. The second-order valence-electron chi connectivity index (χ2n) is 7.93. The minimum atomic E-state index is -0.301. The van der Waals surface area contributed by atoms with Crippen molar-refractivity contribution in [2.75, 3.05) is 33.3 Å². The molecule has 1 amide bonds. The van der Waals surface area contributed by atoms with Gasteiger partial charge in [-0.25, -0.2) is 0 Å². The largest absolute Gasteiger partial charge is 0.497 e. The number of methoxy groups -OCH3 is 1. The number of nitrogens with one attached hydrogen (secondary N) is 1. The van der Waals surface area contributed by atoms with Gasteiger partial charge >= 0.3 is 0 Å². The second kappa shape index (κ2) is 9.67. The molecule has 2 aromatic carbocycles. The Bertz CT molecular complexity index is 1060. The maximum atomic E-state index is 12.7. The van der Waals surface area contributed by atoms with Gasteiger partial charge in [0.1, 0.15) is 11.8 Å². The highest BCUT2D eigenvalue weighted by molar-refractivity contribution is 5.83. The number of H-pyrrole nitrogens is 1. The van der Waals surface area contributed by atoms with Crippen LogP contribution in [0.1, 0.15) is 30.0 Å². The zero-order valence-corrected chi connectivity index (χ0v) is 17.9. The average Bonchev–Trinajstić information content (AvgIpc) is 3.23. The monoisotopic (exact) mass is 416 g/mol. The molecular formula is C25H28N4O2. The number of aromatic nitrogens is 1. The zero-order chi connectivity index (χ0) is 21.6. The quantitative estimate of drug-likeness (QED) is 0.634. The summed E-state index contributed by atoms with van der Waals surface area (Å²) in [7, 11) is 1.63. The standard InChI is InChI=1S/C25H28N4O2/c1-31-21-11-9-19(10-12-21)24(17-26)28-13-15-29(16-14-28)25(30)8-4-5-20-18-27-23-7-3-2-6-22(20)23/h2-3,6-7,9-12,18,24,27H,4-5,8,13-16H2,1H3. The summed E-state index contributed by atoms with van der Waals surface area (Å²) in [4.78, 5) is 20.1. The van der Waals surface area contributed by atoms with Crippen LogP contribution in [0.3, 0.4) is 0 Å². The molecule has 1 aliphatic rings. The van der Waals surface area contributed by atoms with Crippen molar-refractivity contribution < 1.29 is 9.53 Å². The van der Waals surface area contributed by atoms with Crippen molar-refractivity contribution in [3.8, 4) is 11.8 Å². The summed E-state index contributed by atoms with van der Waals surface area (Å²) in [6.07, 6.45) is 4.34. The number of carbonyl (C=O) groups excluding carboxylic acids is 1. The molecule has 1 fully saturated rings. The maximum Gasteiger partial charge on any atom is 0.222 e. The van der Waals surface area contributed by atoms with Gasteiger partial charge in [0, 0.05) is 49.7 Å². The number of para-hydroxylation sites is 1. The molecule has 0 radical (unpaired) electrons. The zero-order valence-electron chi connectivity index (χ0n) is 17.9. The Morgan fingerprint density at radius 1 is 1.13 bits per heavy atom. The van der Waals surface area contributed by atoms with E-state index in [1.54, 1.807) is 7.11 Å². The molecule has 6 nitrogen and oxygen atoms in total. The summed E-state index contributed by atoms with van der Waals surface area (Å²) >= 11 is 0.